The summed E-state index contributed by atoms with van der Waals surface area (Å²) in [5, 5.41) is 0. The maximum atomic E-state index is 13.7. The molecule has 0 bridgehead atoms. The SMILES string of the molecule is Fc1ccc2[nH]c(-n3cnc4ccccc43)nc2c1F. The minimum absolute atomic E-state index is 0.0159. The molecule has 2 heterocycles. The highest BCUT2D eigenvalue weighted by atomic mass is 19.2. The van der Waals surface area contributed by atoms with E-state index in [1.807, 2.05) is 24.3 Å². The summed E-state index contributed by atoms with van der Waals surface area (Å²) in [6.45, 7) is 0. The zero-order valence-electron chi connectivity index (χ0n) is 10.1. The third-order valence-corrected chi connectivity index (χ3v) is 3.21. The van der Waals surface area contributed by atoms with E-state index in [1.54, 1.807) is 10.9 Å². The van der Waals surface area contributed by atoms with Gasteiger partial charge in [0.05, 0.1) is 16.6 Å². The number of rotatable bonds is 1. The molecule has 4 nitrogen and oxygen atoms in total. The van der Waals surface area contributed by atoms with Crippen molar-refractivity contribution in [3.05, 3.63) is 54.4 Å². The van der Waals surface area contributed by atoms with Crippen molar-refractivity contribution in [2.75, 3.05) is 0 Å². The summed E-state index contributed by atoms with van der Waals surface area (Å²) in [6, 6.07) is 10.0. The van der Waals surface area contributed by atoms with Crippen molar-refractivity contribution >= 4 is 22.1 Å². The molecule has 98 valence electrons. The van der Waals surface area contributed by atoms with Crippen molar-refractivity contribution in [3.8, 4) is 5.95 Å². The maximum Gasteiger partial charge on any atom is 0.214 e. The van der Waals surface area contributed by atoms with Gasteiger partial charge in [-0.15, -0.1) is 0 Å². The van der Waals surface area contributed by atoms with Crippen LogP contribution in [0.1, 0.15) is 0 Å². The third kappa shape index (κ3) is 1.45. The number of halogens is 2. The standard InChI is InChI=1S/C14H8F2N4/c15-8-5-6-10-13(12(8)16)19-14(18-10)20-7-17-9-3-1-2-4-11(9)20/h1-7H,(H,18,19). The smallest absolute Gasteiger partial charge is 0.214 e. The number of nitrogens with zero attached hydrogens (tertiary/aromatic N) is 3. The zero-order chi connectivity index (χ0) is 13.7. The summed E-state index contributed by atoms with van der Waals surface area (Å²) < 4.78 is 28.6. The molecule has 20 heavy (non-hydrogen) atoms. The Bertz CT molecular complexity index is 939. The van der Waals surface area contributed by atoms with Crippen LogP contribution in [0.25, 0.3) is 28.0 Å². The summed E-state index contributed by atoms with van der Waals surface area (Å²) in [7, 11) is 0. The molecular formula is C14H8F2N4. The van der Waals surface area contributed by atoms with E-state index in [0.717, 1.165) is 17.1 Å². The average molecular weight is 270 g/mol. The molecule has 0 amide bonds. The van der Waals surface area contributed by atoms with Crippen molar-refractivity contribution in [2.45, 2.75) is 0 Å². The number of nitrogens with one attached hydrogen (secondary N) is 1. The van der Waals surface area contributed by atoms with E-state index in [1.165, 1.54) is 6.07 Å². The van der Waals surface area contributed by atoms with Crippen LogP contribution < -0.4 is 0 Å². The molecule has 2 aromatic carbocycles. The Hall–Kier alpha value is -2.76. The van der Waals surface area contributed by atoms with Crippen molar-refractivity contribution < 1.29 is 8.78 Å². The molecule has 1 N–H and O–H groups in total. The van der Waals surface area contributed by atoms with Crippen LogP contribution in [0.3, 0.4) is 0 Å². The first-order valence-electron chi connectivity index (χ1n) is 6.00. The number of aromatic nitrogens is 4. The normalized spacial score (nSPS) is 11.5. The molecule has 0 radical (unpaired) electrons. The van der Waals surface area contributed by atoms with Crippen LogP contribution in [0, 0.1) is 11.6 Å². The lowest BCUT2D eigenvalue weighted by atomic mass is 10.3. The fourth-order valence-corrected chi connectivity index (χ4v) is 2.25. The first-order valence-corrected chi connectivity index (χ1v) is 6.00. The number of hydrogen-bond acceptors (Lipinski definition) is 2. The second-order valence-electron chi connectivity index (χ2n) is 4.42. The number of fused-ring (bicyclic) bond motifs is 2. The maximum absolute atomic E-state index is 13.7. The van der Waals surface area contributed by atoms with Gasteiger partial charge in [-0.3, -0.25) is 4.57 Å². The minimum Gasteiger partial charge on any atom is -0.323 e. The molecule has 0 aliphatic carbocycles. The average Bonchev–Trinajstić information content (AvgIpc) is 3.06. The fraction of sp³-hybridized carbons (Fsp3) is 0. The molecule has 4 rings (SSSR count). The lowest BCUT2D eigenvalue weighted by molar-refractivity contribution is 0.515. The second kappa shape index (κ2) is 3.86. The molecule has 0 saturated heterocycles. The molecular weight excluding hydrogens is 262 g/mol. The Kier molecular flexibility index (Phi) is 2.14. The number of H-pyrrole nitrogens is 1. The van der Waals surface area contributed by atoms with Crippen molar-refractivity contribution in [1.29, 1.82) is 0 Å². The zero-order valence-corrected chi connectivity index (χ0v) is 10.1. The van der Waals surface area contributed by atoms with Crippen molar-refractivity contribution in [2.24, 2.45) is 0 Å². The Labute approximate surface area is 111 Å². The van der Waals surface area contributed by atoms with Crippen LogP contribution in [0.5, 0.6) is 0 Å². The number of benzene rings is 2. The Balaban J connectivity index is 2.01. The first-order chi connectivity index (χ1) is 9.74. The molecule has 0 fully saturated rings. The summed E-state index contributed by atoms with van der Waals surface area (Å²) in [5.41, 5.74) is 2.07. The van der Waals surface area contributed by atoms with Gasteiger partial charge < -0.3 is 4.98 Å². The van der Waals surface area contributed by atoms with Crippen LogP contribution in [-0.4, -0.2) is 19.5 Å². The van der Waals surface area contributed by atoms with E-state index in [-0.39, 0.29) is 5.52 Å². The highest BCUT2D eigenvalue weighted by molar-refractivity contribution is 5.80. The number of imidazole rings is 2. The van der Waals surface area contributed by atoms with E-state index in [9.17, 15) is 8.78 Å². The van der Waals surface area contributed by atoms with Crippen LogP contribution in [-0.2, 0) is 0 Å². The number of hydrogen-bond donors (Lipinski definition) is 1. The van der Waals surface area contributed by atoms with E-state index < -0.39 is 11.6 Å². The molecule has 0 unspecified atom stereocenters. The number of aromatic amines is 1. The first kappa shape index (κ1) is 11.1. The number of para-hydroxylation sites is 2. The van der Waals surface area contributed by atoms with Crippen LogP contribution in [0.15, 0.2) is 42.7 Å². The van der Waals surface area contributed by atoms with Crippen LogP contribution >= 0.6 is 0 Å². The van der Waals surface area contributed by atoms with Crippen LogP contribution in [0.2, 0.25) is 0 Å². The molecule has 0 saturated carbocycles. The molecule has 0 atom stereocenters. The summed E-state index contributed by atoms with van der Waals surface area (Å²) >= 11 is 0. The van der Waals surface area contributed by atoms with E-state index in [0.29, 0.717) is 11.5 Å². The molecule has 0 aliphatic rings. The monoisotopic (exact) mass is 270 g/mol. The van der Waals surface area contributed by atoms with Gasteiger partial charge in [0, 0.05) is 0 Å². The summed E-state index contributed by atoms with van der Waals surface area (Å²) in [6.07, 6.45) is 1.59. The Morgan fingerprint density at radius 3 is 2.80 bits per heavy atom. The molecule has 0 spiro atoms. The molecule has 4 aromatic rings. The Morgan fingerprint density at radius 1 is 1.05 bits per heavy atom. The third-order valence-electron chi connectivity index (χ3n) is 3.21. The van der Waals surface area contributed by atoms with Gasteiger partial charge in [0.2, 0.25) is 5.95 Å². The van der Waals surface area contributed by atoms with Gasteiger partial charge in [0.15, 0.2) is 11.6 Å². The highest BCUT2D eigenvalue weighted by Crippen LogP contribution is 2.22. The van der Waals surface area contributed by atoms with Crippen LogP contribution in [0.4, 0.5) is 8.78 Å². The van der Waals surface area contributed by atoms with E-state index in [4.69, 9.17) is 0 Å². The lowest BCUT2D eigenvalue weighted by Crippen LogP contribution is -1.94. The molecule has 0 aliphatic heterocycles. The molecule has 6 heteroatoms. The fourth-order valence-electron chi connectivity index (χ4n) is 2.25. The Morgan fingerprint density at radius 2 is 1.90 bits per heavy atom. The van der Waals surface area contributed by atoms with Gasteiger partial charge in [-0.05, 0) is 24.3 Å². The van der Waals surface area contributed by atoms with E-state index >= 15 is 0 Å². The van der Waals surface area contributed by atoms with Gasteiger partial charge in [-0.1, -0.05) is 12.1 Å². The van der Waals surface area contributed by atoms with Gasteiger partial charge >= 0.3 is 0 Å². The predicted molar refractivity (Wildman–Crippen MR) is 70.6 cm³/mol. The lowest BCUT2D eigenvalue weighted by Gasteiger charge is -1.97. The topological polar surface area (TPSA) is 46.5 Å². The summed E-state index contributed by atoms with van der Waals surface area (Å²) in [4.78, 5) is 11.3. The van der Waals surface area contributed by atoms with Crippen molar-refractivity contribution in [3.63, 3.8) is 0 Å². The van der Waals surface area contributed by atoms with Gasteiger partial charge in [-0.2, -0.15) is 0 Å². The predicted octanol–water partition coefficient (Wildman–Crippen LogP) is 3.18. The van der Waals surface area contributed by atoms with Gasteiger partial charge in [0.25, 0.3) is 0 Å². The van der Waals surface area contributed by atoms with Gasteiger partial charge in [0.1, 0.15) is 11.8 Å². The summed E-state index contributed by atoms with van der Waals surface area (Å²) in [5.74, 6) is -1.46. The van der Waals surface area contributed by atoms with E-state index in [2.05, 4.69) is 15.0 Å². The highest BCUT2D eigenvalue weighted by Gasteiger charge is 2.14. The van der Waals surface area contributed by atoms with Crippen molar-refractivity contribution in [1.82, 2.24) is 19.5 Å². The van der Waals surface area contributed by atoms with Gasteiger partial charge in [-0.25, -0.2) is 18.7 Å². The molecule has 2 aromatic heterocycles. The largest absolute Gasteiger partial charge is 0.323 e. The quantitative estimate of drug-likeness (QED) is 0.577. The second-order valence-corrected chi connectivity index (χ2v) is 4.42. The minimum atomic E-state index is -0.950.